The Morgan fingerprint density at radius 1 is 1.39 bits per heavy atom. The lowest BCUT2D eigenvalue weighted by atomic mass is 9.86. The number of benzene rings is 1. The SMILES string of the molecule is CCOC(=O)C1=C(F)N(C(C)(C)C)[C@@H]2c3ccccc3OC[C@H]12. The van der Waals surface area contributed by atoms with Crippen molar-refractivity contribution in [3.8, 4) is 5.75 Å². The zero-order chi connectivity index (χ0) is 16.8. The summed E-state index contributed by atoms with van der Waals surface area (Å²) in [6.07, 6.45) is 0. The molecule has 0 aliphatic carbocycles. The summed E-state index contributed by atoms with van der Waals surface area (Å²) in [6.45, 7) is 8.04. The zero-order valence-corrected chi connectivity index (χ0v) is 13.9. The molecule has 0 spiro atoms. The number of esters is 1. The van der Waals surface area contributed by atoms with Gasteiger partial charge in [-0.2, -0.15) is 4.39 Å². The molecule has 4 nitrogen and oxygen atoms in total. The van der Waals surface area contributed by atoms with Gasteiger partial charge in [-0.05, 0) is 33.8 Å². The molecular weight excluding hydrogens is 297 g/mol. The summed E-state index contributed by atoms with van der Waals surface area (Å²) in [5.74, 6) is -0.690. The molecule has 1 aromatic rings. The molecule has 0 saturated carbocycles. The average Bonchev–Trinajstić information content (AvgIpc) is 2.79. The molecule has 0 fully saturated rings. The Kier molecular flexibility index (Phi) is 3.82. The minimum absolute atomic E-state index is 0.0984. The normalized spacial score (nSPS) is 23.3. The van der Waals surface area contributed by atoms with E-state index in [-0.39, 0.29) is 30.7 Å². The predicted octanol–water partition coefficient (Wildman–Crippen LogP) is 3.59. The number of para-hydroxylation sites is 1. The van der Waals surface area contributed by atoms with E-state index in [2.05, 4.69) is 0 Å². The van der Waals surface area contributed by atoms with Gasteiger partial charge in [0.1, 0.15) is 5.75 Å². The molecule has 0 unspecified atom stereocenters. The van der Waals surface area contributed by atoms with Crippen LogP contribution in [0.4, 0.5) is 4.39 Å². The van der Waals surface area contributed by atoms with Gasteiger partial charge in [-0.3, -0.25) is 0 Å². The number of halogens is 1. The van der Waals surface area contributed by atoms with Crippen molar-refractivity contribution in [2.45, 2.75) is 39.3 Å². The van der Waals surface area contributed by atoms with E-state index in [0.29, 0.717) is 0 Å². The number of carbonyl (C=O) groups excluding carboxylic acids is 1. The third kappa shape index (κ3) is 2.48. The van der Waals surface area contributed by atoms with Crippen LogP contribution in [0.15, 0.2) is 35.8 Å². The van der Waals surface area contributed by atoms with E-state index in [1.165, 1.54) is 0 Å². The van der Waals surface area contributed by atoms with Crippen LogP contribution in [-0.4, -0.2) is 29.6 Å². The third-order valence-corrected chi connectivity index (χ3v) is 4.34. The van der Waals surface area contributed by atoms with E-state index in [9.17, 15) is 4.79 Å². The summed E-state index contributed by atoms with van der Waals surface area (Å²) in [7, 11) is 0. The number of hydrogen-bond donors (Lipinski definition) is 0. The standard InChI is InChI=1S/C18H22FNO3/c1-5-22-17(21)14-12-10-23-13-9-7-6-8-11(13)15(12)20(16(14)19)18(2,3)4/h6-9,12,15H,5,10H2,1-4H3/t12-,15-/m1/s1. The second-order valence-corrected chi connectivity index (χ2v) is 6.87. The van der Waals surface area contributed by atoms with Gasteiger partial charge in [-0.25, -0.2) is 4.79 Å². The van der Waals surface area contributed by atoms with E-state index in [0.717, 1.165) is 11.3 Å². The van der Waals surface area contributed by atoms with Crippen LogP contribution in [0.3, 0.4) is 0 Å². The number of fused-ring (bicyclic) bond motifs is 3. The quantitative estimate of drug-likeness (QED) is 0.617. The Balaban J connectivity index is 2.12. The lowest BCUT2D eigenvalue weighted by molar-refractivity contribution is -0.139. The average molecular weight is 319 g/mol. The van der Waals surface area contributed by atoms with Gasteiger partial charge in [0, 0.05) is 11.1 Å². The van der Waals surface area contributed by atoms with Crippen molar-refractivity contribution >= 4 is 5.97 Å². The molecule has 2 aliphatic heterocycles. The Bertz CT molecular complexity index is 662. The molecule has 0 saturated heterocycles. The first-order valence-electron chi connectivity index (χ1n) is 7.94. The van der Waals surface area contributed by atoms with Crippen molar-refractivity contribution in [1.29, 1.82) is 0 Å². The lowest BCUT2D eigenvalue weighted by Crippen LogP contribution is -2.43. The second-order valence-electron chi connectivity index (χ2n) is 6.87. The molecule has 2 aliphatic rings. The minimum atomic E-state index is -0.588. The maximum absolute atomic E-state index is 15.2. The predicted molar refractivity (Wildman–Crippen MR) is 84.5 cm³/mol. The highest BCUT2D eigenvalue weighted by molar-refractivity contribution is 5.90. The molecule has 2 atom stereocenters. The molecule has 0 N–H and O–H groups in total. The monoisotopic (exact) mass is 319 g/mol. The second kappa shape index (κ2) is 5.55. The van der Waals surface area contributed by atoms with E-state index in [4.69, 9.17) is 9.47 Å². The van der Waals surface area contributed by atoms with Crippen molar-refractivity contribution < 1.29 is 18.7 Å². The highest BCUT2D eigenvalue weighted by Crippen LogP contribution is 2.52. The van der Waals surface area contributed by atoms with E-state index >= 15 is 4.39 Å². The summed E-state index contributed by atoms with van der Waals surface area (Å²) in [5.41, 5.74) is 0.542. The van der Waals surface area contributed by atoms with E-state index < -0.39 is 17.5 Å². The van der Waals surface area contributed by atoms with Crippen LogP contribution in [0.25, 0.3) is 0 Å². The largest absolute Gasteiger partial charge is 0.492 e. The topological polar surface area (TPSA) is 38.8 Å². The first kappa shape index (κ1) is 15.8. The summed E-state index contributed by atoms with van der Waals surface area (Å²) < 4.78 is 26.0. The molecule has 0 bridgehead atoms. The molecular formula is C18H22FNO3. The summed E-state index contributed by atoms with van der Waals surface area (Å²) >= 11 is 0. The van der Waals surface area contributed by atoms with Crippen LogP contribution in [0.1, 0.15) is 39.3 Å². The summed E-state index contributed by atoms with van der Waals surface area (Å²) in [5, 5.41) is 0. The van der Waals surface area contributed by atoms with Gasteiger partial charge >= 0.3 is 5.97 Å². The maximum atomic E-state index is 15.2. The van der Waals surface area contributed by atoms with Crippen LogP contribution in [0.2, 0.25) is 0 Å². The zero-order valence-electron chi connectivity index (χ0n) is 13.9. The van der Waals surface area contributed by atoms with E-state index in [1.54, 1.807) is 11.8 Å². The molecule has 2 heterocycles. The van der Waals surface area contributed by atoms with Gasteiger partial charge in [0.2, 0.25) is 5.95 Å². The molecule has 0 amide bonds. The highest BCUT2D eigenvalue weighted by Gasteiger charge is 2.51. The number of carbonyl (C=O) groups is 1. The van der Waals surface area contributed by atoms with Crippen LogP contribution in [0, 0.1) is 5.92 Å². The van der Waals surface area contributed by atoms with Gasteiger partial charge < -0.3 is 14.4 Å². The van der Waals surface area contributed by atoms with Crippen molar-refractivity contribution in [2.75, 3.05) is 13.2 Å². The van der Waals surface area contributed by atoms with Crippen LogP contribution in [-0.2, 0) is 9.53 Å². The fourth-order valence-corrected chi connectivity index (χ4v) is 3.47. The van der Waals surface area contributed by atoms with Crippen molar-refractivity contribution in [2.24, 2.45) is 5.92 Å². The lowest BCUT2D eigenvalue weighted by Gasteiger charge is -2.42. The molecule has 0 radical (unpaired) electrons. The smallest absolute Gasteiger partial charge is 0.339 e. The summed E-state index contributed by atoms with van der Waals surface area (Å²) in [6, 6.07) is 7.37. The van der Waals surface area contributed by atoms with Gasteiger partial charge in [-0.1, -0.05) is 18.2 Å². The fourth-order valence-electron chi connectivity index (χ4n) is 3.47. The van der Waals surface area contributed by atoms with Gasteiger partial charge in [0.15, 0.2) is 0 Å². The van der Waals surface area contributed by atoms with Crippen molar-refractivity contribution in [3.63, 3.8) is 0 Å². The Hall–Kier alpha value is -2.04. The number of rotatable bonds is 2. The van der Waals surface area contributed by atoms with Crippen molar-refractivity contribution in [3.05, 3.63) is 41.4 Å². The molecule has 1 aromatic carbocycles. The molecule has 0 aromatic heterocycles. The minimum Gasteiger partial charge on any atom is -0.492 e. The van der Waals surface area contributed by atoms with Crippen LogP contribution >= 0.6 is 0 Å². The van der Waals surface area contributed by atoms with Crippen LogP contribution in [0.5, 0.6) is 5.75 Å². The number of nitrogens with zero attached hydrogens (tertiary/aromatic N) is 1. The summed E-state index contributed by atoms with van der Waals surface area (Å²) in [4.78, 5) is 14.0. The molecule has 5 heteroatoms. The number of hydrogen-bond acceptors (Lipinski definition) is 4. The Morgan fingerprint density at radius 3 is 2.74 bits per heavy atom. The van der Waals surface area contributed by atoms with Crippen molar-refractivity contribution in [1.82, 2.24) is 4.90 Å². The molecule has 124 valence electrons. The Labute approximate surface area is 135 Å². The van der Waals surface area contributed by atoms with Crippen LogP contribution < -0.4 is 4.74 Å². The maximum Gasteiger partial charge on any atom is 0.339 e. The number of ether oxygens (including phenoxy) is 2. The third-order valence-electron chi connectivity index (χ3n) is 4.34. The van der Waals surface area contributed by atoms with Gasteiger partial charge in [0.25, 0.3) is 0 Å². The van der Waals surface area contributed by atoms with Gasteiger partial charge in [0.05, 0.1) is 30.7 Å². The molecule has 23 heavy (non-hydrogen) atoms. The Morgan fingerprint density at radius 2 is 2.09 bits per heavy atom. The van der Waals surface area contributed by atoms with E-state index in [1.807, 2.05) is 45.0 Å². The fraction of sp³-hybridized carbons (Fsp3) is 0.500. The molecule has 3 rings (SSSR count). The first-order valence-corrected chi connectivity index (χ1v) is 7.94. The first-order chi connectivity index (χ1) is 10.9. The van der Waals surface area contributed by atoms with Gasteiger partial charge in [-0.15, -0.1) is 0 Å². The highest BCUT2D eigenvalue weighted by atomic mass is 19.1.